The van der Waals surface area contributed by atoms with E-state index < -0.39 is 11.7 Å². The molecule has 0 amide bonds. The Balaban J connectivity index is 2.28. The minimum absolute atomic E-state index is 0.645. The largest absolute Gasteiger partial charge is 0.416 e. The fourth-order valence-corrected chi connectivity index (χ4v) is 1.59. The van der Waals surface area contributed by atoms with Crippen molar-refractivity contribution in [1.82, 2.24) is 4.98 Å². The number of aromatic nitrogens is 1. The van der Waals surface area contributed by atoms with Crippen LogP contribution in [0.1, 0.15) is 18.2 Å². The molecule has 0 fully saturated rings. The van der Waals surface area contributed by atoms with E-state index in [9.17, 15) is 13.2 Å². The third kappa shape index (κ3) is 2.70. The third-order valence-corrected chi connectivity index (χ3v) is 2.63. The van der Waals surface area contributed by atoms with Gasteiger partial charge in [0.2, 0.25) is 0 Å². The molecule has 0 unspecified atom stereocenters. The van der Waals surface area contributed by atoms with Crippen molar-refractivity contribution in [3.63, 3.8) is 0 Å². The molecule has 93 valence electrons. The summed E-state index contributed by atoms with van der Waals surface area (Å²) < 4.78 is 37.2. The predicted octanol–water partition coefficient (Wildman–Crippen LogP) is 4.13. The van der Waals surface area contributed by atoms with Crippen molar-refractivity contribution in [3.05, 3.63) is 53.9 Å². The lowest BCUT2D eigenvalue weighted by Gasteiger charge is -2.07. The van der Waals surface area contributed by atoms with Crippen molar-refractivity contribution in [3.8, 4) is 11.1 Å². The number of benzene rings is 1. The summed E-state index contributed by atoms with van der Waals surface area (Å²) in [6.07, 6.45) is -1.86. The van der Waals surface area contributed by atoms with Gasteiger partial charge in [-0.25, -0.2) is 0 Å². The topological polar surface area (TPSA) is 12.9 Å². The molecule has 18 heavy (non-hydrogen) atoms. The van der Waals surface area contributed by atoms with Crippen LogP contribution in [0.15, 0.2) is 36.5 Å². The summed E-state index contributed by atoms with van der Waals surface area (Å²) in [5.41, 5.74) is 1.66. The summed E-state index contributed by atoms with van der Waals surface area (Å²) >= 11 is 0. The number of halogens is 3. The van der Waals surface area contributed by atoms with Gasteiger partial charge in [-0.2, -0.15) is 13.2 Å². The van der Waals surface area contributed by atoms with Crippen LogP contribution in [-0.4, -0.2) is 4.98 Å². The second kappa shape index (κ2) is 4.80. The van der Waals surface area contributed by atoms with Crippen molar-refractivity contribution in [1.29, 1.82) is 0 Å². The van der Waals surface area contributed by atoms with Gasteiger partial charge < -0.3 is 0 Å². The number of rotatable bonds is 2. The van der Waals surface area contributed by atoms with Crippen LogP contribution in [0.25, 0.3) is 11.1 Å². The van der Waals surface area contributed by atoms with Gasteiger partial charge in [-0.05, 0) is 30.2 Å². The molecule has 1 nitrogen and oxygen atoms in total. The average molecular weight is 250 g/mol. The van der Waals surface area contributed by atoms with E-state index in [2.05, 4.69) is 11.1 Å². The number of nitrogens with zero attached hydrogens (tertiary/aromatic N) is 1. The smallest absolute Gasteiger partial charge is 0.260 e. The Bertz CT molecular complexity index is 512. The average Bonchev–Trinajstić information content (AvgIpc) is 2.38. The molecule has 1 heterocycles. The van der Waals surface area contributed by atoms with Crippen LogP contribution in [0.4, 0.5) is 13.2 Å². The Morgan fingerprint density at radius 2 is 1.78 bits per heavy atom. The van der Waals surface area contributed by atoms with E-state index in [0.29, 0.717) is 5.56 Å². The number of alkyl halides is 3. The van der Waals surface area contributed by atoms with Crippen LogP contribution in [0, 0.1) is 6.07 Å². The standard InChI is InChI=1S/C14H11F3N/c1-2-13-8-5-11(9-18-13)10-3-6-12(7-4-10)14(15,16)17/h3-7,9H,2H2,1H3. The number of hydrogen-bond donors (Lipinski definition) is 0. The summed E-state index contributed by atoms with van der Waals surface area (Å²) in [5, 5.41) is 0. The van der Waals surface area contributed by atoms with Gasteiger partial charge in [-0.3, -0.25) is 4.98 Å². The minimum Gasteiger partial charge on any atom is -0.260 e. The van der Waals surface area contributed by atoms with Gasteiger partial charge in [0.25, 0.3) is 0 Å². The van der Waals surface area contributed by atoms with Crippen molar-refractivity contribution >= 4 is 0 Å². The normalized spacial score (nSPS) is 11.6. The first-order valence-corrected chi connectivity index (χ1v) is 5.55. The van der Waals surface area contributed by atoms with Crippen LogP contribution in [-0.2, 0) is 12.6 Å². The molecule has 0 saturated carbocycles. The van der Waals surface area contributed by atoms with E-state index in [4.69, 9.17) is 0 Å². The number of hydrogen-bond acceptors (Lipinski definition) is 1. The highest BCUT2D eigenvalue weighted by molar-refractivity contribution is 5.62. The van der Waals surface area contributed by atoms with Crippen LogP contribution in [0.2, 0.25) is 0 Å². The first-order chi connectivity index (χ1) is 8.50. The molecular weight excluding hydrogens is 239 g/mol. The van der Waals surface area contributed by atoms with Crippen LogP contribution >= 0.6 is 0 Å². The van der Waals surface area contributed by atoms with E-state index in [0.717, 1.165) is 29.8 Å². The zero-order chi connectivity index (χ0) is 13.2. The number of aryl methyl sites for hydroxylation is 1. The summed E-state index contributed by atoms with van der Waals surface area (Å²) in [5.74, 6) is 0. The summed E-state index contributed by atoms with van der Waals surface area (Å²) in [6, 6.07) is 9.77. The molecule has 1 aromatic heterocycles. The summed E-state index contributed by atoms with van der Waals surface area (Å²) in [6.45, 7) is 1.97. The van der Waals surface area contributed by atoms with Gasteiger partial charge in [-0.15, -0.1) is 0 Å². The lowest BCUT2D eigenvalue weighted by atomic mass is 10.1. The van der Waals surface area contributed by atoms with E-state index in [1.54, 1.807) is 12.3 Å². The van der Waals surface area contributed by atoms with Crippen LogP contribution in [0.5, 0.6) is 0 Å². The molecule has 2 rings (SSSR count). The molecule has 2 aromatic rings. The van der Waals surface area contributed by atoms with Crippen molar-refractivity contribution in [2.75, 3.05) is 0 Å². The molecule has 0 atom stereocenters. The maximum Gasteiger partial charge on any atom is 0.416 e. The Morgan fingerprint density at radius 3 is 2.22 bits per heavy atom. The van der Waals surface area contributed by atoms with E-state index in [1.807, 2.05) is 6.92 Å². The highest BCUT2D eigenvalue weighted by atomic mass is 19.4. The Labute approximate surface area is 103 Å². The van der Waals surface area contributed by atoms with Gasteiger partial charge in [0, 0.05) is 23.5 Å². The molecule has 0 aliphatic rings. The maximum atomic E-state index is 12.4. The van der Waals surface area contributed by atoms with Crippen molar-refractivity contribution < 1.29 is 13.2 Å². The van der Waals surface area contributed by atoms with Crippen molar-refractivity contribution in [2.45, 2.75) is 19.5 Å². The lowest BCUT2D eigenvalue weighted by molar-refractivity contribution is -0.137. The molecule has 0 aliphatic heterocycles. The van der Waals surface area contributed by atoms with Crippen LogP contribution in [0.3, 0.4) is 0 Å². The molecule has 0 bridgehead atoms. The van der Waals surface area contributed by atoms with Gasteiger partial charge >= 0.3 is 6.18 Å². The highest BCUT2D eigenvalue weighted by Gasteiger charge is 2.29. The molecular formula is C14H11F3N. The van der Waals surface area contributed by atoms with Gasteiger partial charge in [0.1, 0.15) is 0 Å². The Morgan fingerprint density at radius 1 is 1.11 bits per heavy atom. The third-order valence-electron chi connectivity index (χ3n) is 2.63. The zero-order valence-corrected chi connectivity index (χ0v) is 9.75. The maximum absolute atomic E-state index is 12.4. The second-order valence-corrected chi connectivity index (χ2v) is 3.88. The zero-order valence-electron chi connectivity index (χ0n) is 9.75. The molecule has 0 saturated heterocycles. The highest BCUT2D eigenvalue weighted by Crippen LogP contribution is 2.30. The Hall–Kier alpha value is -1.84. The summed E-state index contributed by atoms with van der Waals surface area (Å²) in [4.78, 5) is 4.17. The molecule has 0 spiro atoms. The fraction of sp³-hybridized carbons (Fsp3) is 0.214. The first kappa shape index (κ1) is 12.6. The monoisotopic (exact) mass is 250 g/mol. The molecule has 0 N–H and O–H groups in total. The van der Waals surface area contributed by atoms with E-state index in [-0.39, 0.29) is 0 Å². The fourth-order valence-electron chi connectivity index (χ4n) is 1.59. The number of pyridine rings is 1. The van der Waals surface area contributed by atoms with Crippen molar-refractivity contribution in [2.24, 2.45) is 0 Å². The van der Waals surface area contributed by atoms with E-state index >= 15 is 0 Å². The summed E-state index contributed by atoms with van der Waals surface area (Å²) in [7, 11) is 0. The lowest BCUT2D eigenvalue weighted by Crippen LogP contribution is -2.04. The Kier molecular flexibility index (Phi) is 3.36. The van der Waals surface area contributed by atoms with Gasteiger partial charge in [0.15, 0.2) is 0 Å². The molecule has 0 aliphatic carbocycles. The first-order valence-electron chi connectivity index (χ1n) is 5.55. The SMILES string of the molecule is CCc1[c]cc(-c2ccc(C(F)(F)F)cc2)cn1. The second-order valence-electron chi connectivity index (χ2n) is 3.88. The minimum atomic E-state index is -4.30. The van der Waals surface area contributed by atoms with E-state index in [1.165, 1.54) is 12.1 Å². The van der Waals surface area contributed by atoms with Gasteiger partial charge in [-0.1, -0.05) is 19.1 Å². The predicted molar refractivity (Wildman–Crippen MR) is 62.9 cm³/mol. The molecule has 1 radical (unpaired) electrons. The van der Waals surface area contributed by atoms with Gasteiger partial charge in [0.05, 0.1) is 5.56 Å². The molecule has 4 heteroatoms. The van der Waals surface area contributed by atoms with Crippen LogP contribution < -0.4 is 0 Å². The quantitative estimate of drug-likeness (QED) is 0.781. The molecule has 1 aromatic carbocycles.